The number of aryl methyl sites for hydroxylation is 1. The second-order valence-corrected chi connectivity index (χ2v) is 4.48. The van der Waals surface area contributed by atoms with Crippen LogP contribution in [0.3, 0.4) is 0 Å². The molecule has 0 fully saturated rings. The molecule has 2 amide bonds. The number of urea groups is 1. The van der Waals surface area contributed by atoms with Gasteiger partial charge in [0.15, 0.2) is 0 Å². The van der Waals surface area contributed by atoms with Gasteiger partial charge in [-0.25, -0.2) is 4.79 Å². The number of pyridine rings is 1. The summed E-state index contributed by atoms with van der Waals surface area (Å²) >= 11 is 0. The van der Waals surface area contributed by atoms with E-state index in [9.17, 15) is 4.79 Å². The lowest BCUT2D eigenvalue weighted by molar-refractivity contribution is 0.196. The quantitative estimate of drug-likeness (QED) is 0.775. The second-order valence-electron chi connectivity index (χ2n) is 4.48. The monoisotopic (exact) mass is 289 g/mol. The molecular weight excluding hydrogens is 270 g/mol. The maximum atomic E-state index is 11.5. The third-order valence-corrected chi connectivity index (χ3v) is 2.93. The van der Waals surface area contributed by atoms with E-state index in [1.165, 1.54) is 0 Å². The van der Waals surface area contributed by atoms with Gasteiger partial charge in [0.2, 0.25) is 0 Å². The molecule has 7 heteroatoms. The van der Waals surface area contributed by atoms with Crippen LogP contribution in [0.1, 0.15) is 5.69 Å². The van der Waals surface area contributed by atoms with Crippen molar-refractivity contribution < 1.29 is 9.53 Å². The van der Waals surface area contributed by atoms with Crippen LogP contribution in [-0.2, 0) is 18.3 Å². The van der Waals surface area contributed by atoms with Crippen molar-refractivity contribution in [3.63, 3.8) is 0 Å². The molecule has 0 aromatic carbocycles. The van der Waals surface area contributed by atoms with E-state index >= 15 is 0 Å². The number of carbonyl (C=O) groups is 1. The Labute approximate surface area is 123 Å². The highest BCUT2D eigenvalue weighted by Gasteiger charge is 2.08. The highest BCUT2D eigenvalue weighted by Crippen LogP contribution is 2.18. The summed E-state index contributed by atoms with van der Waals surface area (Å²) in [6.07, 6.45) is 3.48. The summed E-state index contributed by atoms with van der Waals surface area (Å²) in [6, 6.07) is 5.56. The molecule has 21 heavy (non-hydrogen) atoms. The lowest BCUT2D eigenvalue weighted by Gasteiger charge is -2.05. The number of hydrogen-bond acceptors (Lipinski definition) is 4. The lowest BCUT2D eigenvalue weighted by atomic mass is 10.2. The Morgan fingerprint density at radius 2 is 2.10 bits per heavy atom. The van der Waals surface area contributed by atoms with E-state index in [0.29, 0.717) is 19.7 Å². The molecule has 7 nitrogen and oxygen atoms in total. The molecule has 0 bridgehead atoms. The molecule has 2 N–H and O–H groups in total. The van der Waals surface area contributed by atoms with Gasteiger partial charge in [-0.05, 0) is 18.2 Å². The summed E-state index contributed by atoms with van der Waals surface area (Å²) in [5.74, 6) is 0. The van der Waals surface area contributed by atoms with E-state index in [0.717, 1.165) is 17.0 Å². The lowest BCUT2D eigenvalue weighted by Crippen LogP contribution is -2.36. The van der Waals surface area contributed by atoms with Gasteiger partial charge in [0.25, 0.3) is 0 Å². The zero-order chi connectivity index (χ0) is 15.1. The first-order chi connectivity index (χ1) is 10.2. The number of aromatic nitrogens is 3. The van der Waals surface area contributed by atoms with Crippen molar-refractivity contribution in [2.45, 2.75) is 6.54 Å². The molecule has 2 heterocycles. The molecule has 0 aliphatic heterocycles. The van der Waals surface area contributed by atoms with E-state index in [4.69, 9.17) is 4.74 Å². The number of carbonyl (C=O) groups excluding carboxylic acids is 1. The molecule has 0 radical (unpaired) electrons. The summed E-state index contributed by atoms with van der Waals surface area (Å²) in [7, 11) is 3.46. The van der Waals surface area contributed by atoms with Gasteiger partial charge in [-0.1, -0.05) is 0 Å². The smallest absolute Gasteiger partial charge is 0.315 e. The normalized spacial score (nSPS) is 10.4. The zero-order valence-electron chi connectivity index (χ0n) is 12.2. The molecule has 0 aliphatic carbocycles. The Bertz CT molecular complexity index is 582. The Morgan fingerprint density at radius 3 is 2.81 bits per heavy atom. The van der Waals surface area contributed by atoms with Gasteiger partial charge >= 0.3 is 6.03 Å². The fourth-order valence-corrected chi connectivity index (χ4v) is 1.91. The van der Waals surface area contributed by atoms with Crippen LogP contribution in [0.4, 0.5) is 4.79 Å². The highest BCUT2D eigenvalue weighted by molar-refractivity contribution is 5.73. The Balaban J connectivity index is 1.92. The van der Waals surface area contributed by atoms with Crippen molar-refractivity contribution in [2.24, 2.45) is 7.05 Å². The fraction of sp³-hybridized carbons (Fsp3) is 0.357. The summed E-state index contributed by atoms with van der Waals surface area (Å²) in [5, 5.41) is 9.83. The first kappa shape index (κ1) is 15.0. The molecule has 0 saturated heterocycles. The number of nitrogens with one attached hydrogen (secondary N) is 2. The minimum atomic E-state index is -0.233. The molecule has 2 aromatic heterocycles. The molecule has 0 atom stereocenters. The van der Waals surface area contributed by atoms with Crippen molar-refractivity contribution in [1.29, 1.82) is 0 Å². The molecule has 0 spiro atoms. The SMILES string of the molecule is COCCNC(=O)NCc1cc(-c2ccncc2)n(C)n1. The minimum absolute atomic E-state index is 0.233. The van der Waals surface area contributed by atoms with Crippen LogP contribution in [0.2, 0.25) is 0 Å². The van der Waals surface area contributed by atoms with Gasteiger partial charge in [0, 0.05) is 38.7 Å². The van der Waals surface area contributed by atoms with E-state index < -0.39 is 0 Å². The molecule has 2 aromatic rings. The third-order valence-electron chi connectivity index (χ3n) is 2.93. The molecule has 0 aliphatic rings. The van der Waals surface area contributed by atoms with Gasteiger partial charge in [-0.15, -0.1) is 0 Å². The van der Waals surface area contributed by atoms with Crippen molar-refractivity contribution >= 4 is 6.03 Å². The maximum Gasteiger partial charge on any atom is 0.315 e. The Morgan fingerprint density at radius 1 is 1.33 bits per heavy atom. The van der Waals surface area contributed by atoms with Gasteiger partial charge in [0.1, 0.15) is 0 Å². The van der Waals surface area contributed by atoms with E-state index in [2.05, 4.69) is 20.7 Å². The fourth-order valence-electron chi connectivity index (χ4n) is 1.91. The predicted octanol–water partition coefficient (Wildman–Crippen LogP) is 0.928. The van der Waals surface area contributed by atoms with Gasteiger partial charge < -0.3 is 15.4 Å². The average Bonchev–Trinajstić information content (AvgIpc) is 2.87. The van der Waals surface area contributed by atoms with E-state index in [1.807, 2.05) is 25.2 Å². The standard InChI is InChI=1S/C14H19N5O2/c1-19-13(11-3-5-15-6-4-11)9-12(18-19)10-17-14(20)16-7-8-21-2/h3-6,9H,7-8,10H2,1-2H3,(H2,16,17,20). The summed E-state index contributed by atoms with van der Waals surface area (Å²) in [6.45, 7) is 1.34. The zero-order valence-corrected chi connectivity index (χ0v) is 12.2. The number of nitrogens with zero attached hydrogens (tertiary/aromatic N) is 3. The van der Waals surface area contributed by atoms with Crippen LogP contribution in [0.25, 0.3) is 11.3 Å². The van der Waals surface area contributed by atoms with Crippen LogP contribution in [0.15, 0.2) is 30.6 Å². The van der Waals surface area contributed by atoms with Crippen LogP contribution in [0, 0.1) is 0 Å². The minimum Gasteiger partial charge on any atom is -0.383 e. The molecular formula is C14H19N5O2. The number of ether oxygens (including phenoxy) is 1. The predicted molar refractivity (Wildman–Crippen MR) is 78.6 cm³/mol. The largest absolute Gasteiger partial charge is 0.383 e. The maximum absolute atomic E-state index is 11.5. The van der Waals surface area contributed by atoms with Crippen LogP contribution < -0.4 is 10.6 Å². The Kier molecular flexibility index (Phi) is 5.28. The van der Waals surface area contributed by atoms with E-state index in [-0.39, 0.29) is 6.03 Å². The van der Waals surface area contributed by atoms with Gasteiger partial charge in [-0.3, -0.25) is 9.67 Å². The van der Waals surface area contributed by atoms with Crippen LogP contribution >= 0.6 is 0 Å². The third kappa shape index (κ3) is 4.28. The number of amides is 2. The average molecular weight is 289 g/mol. The number of hydrogen-bond donors (Lipinski definition) is 2. The van der Waals surface area contributed by atoms with Crippen molar-refractivity contribution in [3.8, 4) is 11.3 Å². The van der Waals surface area contributed by atoms with Crippen molar-refractivity contribution in [1.82, 2.24) is 25.4 Å². The molecule has 0 saturated carbocycles. The number of rotatable bonds is 6. The number of methoxy groups -OCH3 is 1. The van der Waals surface area contributed by atoms with Gasteiger partial charge in [-0.2, -0.15) is 5.10 Å². The van der Waals surface area contributed by atoms with Crippen molar-refractivity contribution in [3.05, 3.63) is 36.3 Å². The first-order valence-electron chi connectivity index (χ1n) is 6.64. The topological polar surface area (TPSA) is 81.1 Å². The van der Waals surface area contributed by atoms with Crippen LogP contribution in [-0.4, -0.2) is 41.1 Å². The van der Waals surface area contributed by atoms with Crippen molar-refractivity contribution in [2.75, 3.05) is 20.3 Å². The summed E-state index contributed by atoms with van der Waals surface area (Å²) in [4.78, 5) is 15.5. The molecule has 2 rings (SSSR count). The highest BCUT2D eigenvalue weighted by atomic mass is 16.5. The first-order valence-corrected chi connectivity index (χ1v) is 6.64. The Hall–Kier alpha value is -2.41. The summed E-state index contributed by atoms with van der Waals surface area (Å²) in [5.41, 5.74) is 2.82. The molecule has 112 valence electrons. The summed E-state index contributed by atoms with van der Waals surface area (Å²) < 4.78 is 6.65. The molecule has 0 unspecified atom stereocenters. The van der Waals surface area contributed by atoms with Gasteiger partial charge in [0.05, 0.1) is 24.5 Å². The van der Waals surface area contributed by atoms with E-state index in [1.54, 1.807) is 24.2 Å². The van der Waals surface area contributed by atoms with Crippen LogP contribution in [0.5, 0.6) is 0 Å². The second kappa shape index (κ2) is 7.39.